The summed E-state index contributed by atoms with van der Waals surface area (Å²) in [6.45, 7) is 0. The Morgan fingerprint density at radius 1 is 0.811 bits per heavy atom. The molecule has 37 heavy (non-hydrogen) atoms. The van der Waals surface area contributed by atoms with Crippen molar-refractivity contribution < 1.29 is 34.8 Å². The van der Waals surface area contributed by atoms with Crippen molar-refractivity contribution in [2.75, 3.05) is 0 Å². The number of hydrogen-bond acceptors (Lipinski definition) is 7. The molecular weight excluding hydrogens is 508 g/mol. The van der Waals surface area contributed by atoms with Crippen molar-refractivity contribution in [3.63, 3.8) is 0 Å². The second kappa shape index (κ2) is 15.3. The fraction of sp³-hybridized carbons (Fsp3) is 0.0870. The number of Topliss-reactive ketones (excluding diaryl/α,β-unsaturated/α-hetero) is 2. The normalized spacial score (nSPS) is 17.4. The van der Waals surface area contributed by atoms with Crippen LogP contribution in [-0.2, 0) is 9.59 Å². The van der Waals surface area contributed by atoms with Gasteiger partial charge in [-0.05, 0) is 23.8 Å². The standard InChI is InChI=1S/C13H12O5.C10H6O2.ClH.2N3/c14-10(8-4-2-1-3-5-8)9-6-7-13(17,18)12(16)11(9)15;11-9-6-5-7-3-1-2-4-8(7)10(9)12;;2*1-3-2/h1-7,12,14,16-18H;1-6H;1H;;/q;;;2*-1. The van der Waals surface area contributed by atoms with E-state index in [1.807, 2.05) is 12.1 Å². The SMILES string of the molecule is Cl.O=C1C(=C(O)c2ccccc2)C=CC(O)(O)C1O.O=C1C=Cc2ccccc2C1=O.[N-]=[N+]=[N-].[N-]=[N+]=[N-]. The Balaban J connectivity index is 0.000000590. The van der Waals surface area contributed by atoms with Gasteiger partial charge in [-0.2, -0.15) is 0 Å². The number of aliphatic hydroxyl groups excluding tert-OH is 2. The van der Waals surface area contributed by atoms with Crippen LogP contribution in [0, 0.1) is 0 Å². The number of carbonyl (C=O) groups excluding carboxylic acids is 3. The van der Waals surface area contributed by atoms with Crippen molar-refractivity contribution in [1.82, 2.24) is 0 Å². The van der Waals surface area contributed by atoms with Crippen molar-refractivity contribution in [3.8, 4) is 0 Å². The van der Waals surface area contributed by atoms with Gasteiger partial charge in [0.15, 0.2) is 6.10 Å². The molecular formula is C23H19ClN6O7-2. The molecule has 13 nitrogen and oxygen atoms in total. The predicted octanol–water partition coefficient (Wildman–Crippen LogP) is 3.76. The molecule has 1 atom stereocenters. The zero-order valence-corrected chi connectivity index (χ0v) is 19.5. The highest BCUT2D eigenvalue weighted by molar-refractivity contribution is 6.49. The number of fused-ring (bicyclic) bond motifs is 1. The van der Waals surface area contributed by atoms with Crippen LogP contribution in [-0.4, -0.2) is 49.7 Å². The molecule has 0 aromatic heterocycles. The fourth-order valence-corrected chi connectivity index (χ4v) is 2.89. The van der Waals surface area contributed by atoms with Crippen LogP contribution in [0.3, 0.4) is 0 Å². The summed E-state index contributed by atoms with van der Waals surface area (Å²) < 4.78 is 0. The van der Waals surface area contributed by atoms with Gasteiger partial charge in [0, 0.05) is 11.1 Å². The molecule has 0 bridgehead atoms. The third kappa shape index (κ3) is 8.76. The molecule has 2 aliphatic carbocycles. The summed E-state index contributed by atoms with van der Waals surface area (Å²) in [6.07, 6.45) is 2.90. The van der Waals surface area contributed by atoms with Crippen LogP contribution in [0.4, 0.5) is 0 Å². The zero-order valence-electron chi connectivity index (χ0n) is 18.7. The lowest BCUT2D eigenvalue weighted by Gasteiger charge is -2.27. The van der Waals surface area contributed by atoms with Gasteiger partial charge in [-0.1, -0.05) is 60.7 Å². The molecule has 14 heteroatoms. The summed E-state index contributed by atoms with van der Waals surface area (Å²) in [4.78, 5) is 36.9. The Kier molecular flexibility index (Phi) is 13.3. The average molecular weight is 527 g/mol. The Morgan fingerprint density at radius 2 is 1.32 bits per heavy atom. The van der Waals surface area contributed by atoms with E-state index in [9.17, 15) is 34.8 Å². The monoisotopic (exact) mass is 526 g/mol. The molecule has 0 aliphatic heterocycles. The molecule has 0 heterocycles. The summed E-state index contributed by atoms with van der Waals surface area (Å²) in [5.41, 5.74) is 28.6. The summed E-state index contributed by atoms with van der Waals surface area (Å²) >= 11 is 0. The van der Waals surface area contributed by atoms with Crippen molar-refractivity contribution in [2.45, 2.75) is 11.9 Å². The number of rotatable bonds is 1. The van der Waals surface area contributed by atoms with Crippen molar-refractivity contribution >= 4 is 41.6 Å². The average Bonchev–Trinajstić information content (AvgIpc) is 2.87. The maximum absolute atomic E-state index is 11.7. The van der Waals surface area contributed by atoms with Crippen LogP contribution in [0.5, 0.6) is 0 Å². The lowest BCUT2D eigenvalue weighted by atomic mass is 9.90. The van der Waals surface area contributed by atoms with Gasteiger partial charge >= 0.3 is 0 Å². The molecule has 4 rings (SSSR count). The Hall–Kier alpha value is -4.74. The number of hydrogen-bond donors (Lipinski definition) is 4. The largest absolute Gasteiger partial charge is 0.507 e. The third-order valence-corrected chi connectivity index (χ3v) is 4.56. The molecule has 0 saturated carbocycles. The summed E-state index contributed by atoms with van der Waals surface area (Å²) in [5.74, 6) is -4.70. The number of allylic oxidation sites excluding steroid dienone is 2. The molecule has 2 aliphatic rings. The third-order valence-electron chi connectivity index (χ3n) is 4.56. The van der Waals surface area contributed by atoms with Gasteiger partial charge in [0.2, 0.25) is 23.1 Å². The first-order valence-electron chi connectivity index (χ1n) is 9.73. The molecule has 0 amide bonds. The van der Waals surface area contributed by atoms with E-state index in [1.165, 1.54) is 15.9 Å². The Labute approximate surface area is 215 Å². The van der Waals surface area contributed by atoms with Gasteiger partial charge in [-0.25, -0.2) is 0 Å². The minimum atomic E-state index is -2.60. The van der Waals surface area contributed by atoms with E-state index < -0.39 is 29.2 Å². The van der Waals surface area contributed by atoms with Gasteiger partial charge in [-0.15, -0.1) is 12.4 Å². The van der Waals surface area contributed by atoms with E-state index in [-0.39, 0.29) is 23.7 Å². The van der Waals surface area contributed by atoms with Gasteiger partial charge in [0.25, 0.3) is 0 Å². The van der Waals surface area contributed by atoms with E-state index in [0.717, 1.165) is 17.7 Å². The second-order valence-corrected chi connectivity index (χ2v) is 6.80. The molecule has 0 radical (unpaired) electrons. The summed E-state index contributed by atoms with van der Waals surface area (Å²) in [7, 11) is 0. The molecule has 4 N–H and O–H groups in total. The van der Waals surface area contributed by atoms with Crippen molar-refractivity contribution in [3.05, 3.63) is 127 Å². The first-order valence-corrected chi connectivity index (χ1v) is 9.73. The number of nitrogens with zero attached hydrogens (tertiary/aromatic N) is 6. The number of benzene rings is 2. The lowest BCUT2D eigenvalue weighted by molar-refractivity contribution is -0.191. The topological polar surface area (TPSA) is 250 Å². The second-order valence-electron chi connectivity index (χ2n) is 6.80. The number of halogens is 1. The highest BCUT2D eigenvalue weighted by Gasteiger charge is 2.41. The van der Waals surface area contributed by atoms with E-state index >= 15 is 0 Å². The first kappa shape index (κ1) is 32.3. The summed E-state index contributed by atoms with van der Waals surface area (Å²) in [6, 6.07) is 15.4. The van der Waals surface area contributed by atoms with Crippen LogP contribution in [0.25, 0.3) is 43.8 Å². The molecule has 1 unspecified atom stereocenters. The number of ketones is 3. The Bertz CT molecular complexity index is 1280. The molecule has 192 valence electrons. The van der Waals surface area contributed by atoms with Gasteiger partial charge in [-0.3, -0.25) is 24.2 Å². The van der Waals surface area contributed by atoms with Crippen molar-refractivity contribution in [2.24, 2.45) is 0 Å². The number of aliphatic hydroxyl groups is 4. The molecule has 0 saturated heterocycles. The van der Waals surface area contributed by atoms with E-state index in [2.05, 4.69) is 0 Å². The van der Waals surface area contributed by atoms with Crippen molar-refractivity contribution in [1.29, 1.82) is 0 Å². The minimum absolute atomic E-state index is 0. The molecule has 0 fully saturated rings. The Morgan fingerprint density at radius 3 is 1.89 bits per heavy atom. The first-order chi connectivity index (χ1) is 17.0. The maximum atomic E-state index is 11.7. The van der Waals surface area contributed by atoms with Gasteiger partial charge in [0.05, 0.1) is 5.57 Å². The van der Waals surface area contributed by atoms with Gasteiger partial charge in [0.1, 0.15) is 5.76 Å². The van der Waals surface area contributed by atoms with E-state index in [4.69, 9.17) is 22.1 Å². The van der Waals surface area contributed by atoms with E-state index in [0.29, 0.717) is 11.1 Å². The van der Waals surface area contributed by atoms with E-state index in [1.54, 1.807) is 48.5 Å². The van der Waals surface area contributed by atoms with Crippen LogP contribution >= 0.6 is 12.4 Å². The smallest absolute Gasteiger partial charge is 0.233 e. The van der Waals surface area contributed by atoms with Crippen LogP contribution < -0.4 is 0 Å². The van der Waals surface area contributed by atoms with Crippen LogP contribution in [0.2, 0.25) is 0 Å². The molecule has 2 aromatic carbocycles. The highest BCUT2D eigenvalue weighted by Crippen LogP contribution is 2.26. The summed E-state index contributed by atoms with van der Waals surface area (Å²) in [5, 5.41) is 37.9. The molecule has 2 aromatic rings. The molecule has 0 spiro atoms. The highest BCUT2D eigenvalue weighted by atomic mass is 35.5. The van der Waals surface area contributed by atoms with Crippen LogP contribution in [0.15, 0.2) is 78.4 Å². The fourth-order valence-electron chi connectivity index (χ4n) is 2.89. The minimum Gasteiger partial charge on any atom is -0.507 e. The zero-order chi connectivity index (χ0) is 27.3. The van der Waals surface area contributed by atoms with Crippen LogP contribution in [0.1, 0.15) is 21.5 Å². The predicted molar refractivity (Wildman–Crippen MR) is 136 cm³/mol. The number of carbonyl (C=O) groups is 3. The quantitative estimate of drug-likeness (QED) is 0.0812. The van der Waals surface area contributed by atoms with Gasteiger partial charge < -0.3 is 42.6 Å². The lowest BCUT2D eigenvalue weighted by Crippen LogP contribution is -2.48. The maximum Gasteiger partial charge on any atom is 0.233 e.